The molecule has 0 radical (unpaired) electrons. The van der Waals surface area contributed by atoms with Crippen LogP contribution >= 0.6 is 0 Å². The Bertz CT molecular complexity index is 888. The summed E-state index contributed by atoms with van der Waals surface area (Å²) in [5, 5.41) is 0. The lowest BCUT2D eigenvalue weighted by atomic mass is 9.91. The van der Waals surface area contributed by atoms with E-state index in [0.29, 0.717) is 29.9 Å². The molecule has 2 atom stereocenters. The van der Waals surface area contributed by atoms with Gasteiger partial charge in [-0.1, -0.05) is 13.0 Å². The van der Waals surface area contributed by atoms with Gasteiger partial charge in [-0.3, -0.25) is 0 Å². The van der Waals surface area contributed by atoms with Gasteiger partial charge in [0.25, 0.3) is 0 Å². The Morgan fingerprint density at radius 2 is 1.90 bits per heavy atom. The molecule has 1 saturated heterocycles. The number of nitrogens with zero attached hydrogens (tertiary/aromatic N) is 1. The Kier molecular flexibility index (Phi) is 7.31. The van der Waals surface area contributed by atoms with Gasteiger partial charge in [0.05, 0.1) is 19.0 Å². The zero-order chi connectivity index (χ0) is 22.8. The van der Waals surface area contributed by atoms with Crippen molar-refractivity contribution in [3.8, 4) is 0 Å². The van der Waals surface area contributed by atoms with Gasteiger partial charge < -0.3 is 14.4 Å². The van der Waals surface area contributed by atoms with Gasteiger partial charge in [0.1, 0.15) is 16.3 Å². The number of piperidine rings is 1. The molecule has 0 spiro atoms. The normalized spacial score (nSPS) is 22.4. The largest absolute Gasteiger partial charge is 0.444 e. The summed E-state index contributed by atoms with van der Waals surface area (Å²) in [6, 6.07) is 4.19. The second-order valence-electron chi connectivity index (χ2n) is 9.65. The summed E-state index contributed by atoms with van der Waals surface area (Å²) >= 11 is 0. The van der Waals surface area contributed by atoms with Crippen LogP contribution in [0, 0.1) is 23.6 Å². The Labute approximate surface area is 185 Å². The molecule has 1 saturated carbocycles. The maximum Gasteiger partial charge on any atom is 0.410 e. The van der Waals surface area contributed by atoms with Gasteiger partial charge in [0, 0.05) is 13.1 Å². The maximum absolute atomic E-state index is 14.1. The van der Waals surface area contributed by atoms with Crippen LogP contribution < -0.4 is 0 Å². The van der Waals surface area contributed by atoms with Crippen molar-refractivity contribution in [1.82, 2.24) is 4.90 Å². The predicted octanol–water partition coefficient (Wildman–Crippen LogP) is 4.42. The first-order valence-corrected chi connectivity index (χ1v) is 12.7. The number of carbonyl (C=O) groups excluding carboxylic acids is 1. The van der Waals surface area contributed by atoms with Crippen molar-refractivity contribution in [2.45, 2.75) is 64.1 Å². The number of amides is 1. The van der Waals surface area contributed by atoms with E-state index in [-0.39, 0.29) is 23.3 Å². The maximum atomic E-state index is 14.1. The zero-order valence-corrected chi connectivity index (χ0v) is 19.7. The van der Waals surface area contributed by atoms with E-state index in [9.17, 15) is 17.6 Å². The SMILES string of the molecule is CCS(=O)(=O)c1ccc(COC[C@@H]2C[C@@H]2C2CCN(C(=O)OC(C)(C)C)CC2)cc1F. The molecule has 1 aliphatic heterocycles. The van der Waals surface area contributed by atoms with Gasteiger partial charge >= 0.3 is 6.09 Å². The zero-order valence-electron chi connectivity index (χ0n) is 18.9. The number of hydrogen-bond acceptors (Lipinski definition) is 5. The Morgan fingerprint density at radius 1 is 1.23 bits per heavy atom. The second kappa shape index (κ2) is 9.45. The number of ether oxygens (including phenoxy) is 2. The standard InChI is InChI=1S/C23H34FNO5S/c1-5-31(27,28)21-7-6-16(12-20(21)24)14-29-15-18-13-19(18)17-8-10-25(11-9-17)22(26)30-23(2,3)4/h6-7,12,17-19H,5,8-11,13-15H2,1-4H3/t18-,19+/m0/s1. The van der Waals surface area contributed by atoms with Gasteiger partial charge in [-0.05, 0) is 75.5 Å². The van der Waals surface area contributed by atoms with E-state index in [4.69, 9.17) is 9.47 Å². The number of carbonyl (C=O) groups is 1. The molecule has 0 unspecified atom stereocenters. The first-order valence-electron chi connectivity index (χ1n) is 11.1. The quantitative estimate of drug-likeness (QED) is 0.609. The summed E-state index contributed by atoms with van der Waals surface area (Å²) < 4.78 is 49.1. The van der Waals surface area contributed by atoms with E-state index < -0.39 is 21.3 Å². The minimum absolute atomic E-state index is 0.125. The van der Waals surface area contributed by atoms with Crippen LogP contribution in [0.3, 0.4) is 0 Å². The van der Waals surface area contributed by atoms with E-state index in [2.05, 4.69) is 0 Å². The Morgan fingerprint density at radius 3 is 2.48 bits per heavy atom. The molecule has 8 heteroatoms. The highest BCUT2D eigenvalue weighted by Gasteiger charge is 2.44. The summed E-state index contributed by atoms with van der Waals surface area (Å²) in [6.45, 7) is 9.48. The van der Waals surface area contributed by atoms with Crippen LogP contribution in [-0.2, 0) is 25.9 Å². The fourth-order valence-electron chi connectivity index (χ4n) is 4.25. The van der Waals surface area contributed by atoms with E-state index >= 15 is 0 Å². The topological polar surface area (TPSA) is 72.9 Å². The molecule has 0 bridgehead atoms. The molecule has 0 N–H and O–H groups in total. The van der Waals surface area contributed by atoms with Crippen LogP contribution in [0.25, 0.3) is 0 Å². The molecule has 1 aromatic carbocycles. The minimum atomic E-state index is -3.56. The molecular weight excluding hydrogens is 421 g/mol. The summed E-state index contributed by atoms with van der Waals surface area (Å²) in [5.74, 6) is 0.879. The van der Waals surface area contributed by atoms with Crippen LogP contribution in [0.4, 0.5) is 9.18 Å². The van der Waals surface area contributed by atoms with Crippen LogP contribution in [0.5, 0.6) is 0 Å². The highest BCUT2D eigenvalue weighted by Crippen LogP contribution is 2.48. The third-order valence-corrected chi connectivity index (χ3v) is 7.85. The van der Waals surface area contributed by atoms with Crippen LogP contribution in [-0.4, -0.2) is 50.5 Å². The second-order valence-corrected chi connectivity index (χ2v) is 11.9. The molecule has 174 valence electrons. The highest BCUT2D eigenvalue weighted by molar-refractivity contribution is 7.91. The molecule has 1 heterocycles. The average Bonchev–Trinajstić information content (AvgIpc) is 3.46. The summed E-state index contributed by atoms with van der Waals surface area (Å²) in [4.78, 5) is 13.7. The summed E-state index contributed by atoms with van der Waals surface area (Å²) in [6.07, 6.45) is 2.86. The van der Waals surface area contributed by atoms with Crippen molar-refractivity contribution in [1.29, 1.82) is 0 Å². The molecule has 3 rings (SSSR count). The van der Waals surface area contributed by atoms with E-state index in [1.807, 2.05) is 20.8 Å². The Balaban J connectivity index is 1.39. The number of halogens is 1. The molecule has 31 heavy (non-hydrogen) atoms. The Hall–Kier alpha value is -1.67. The van der Waals surface area contributed by atoms with E-state index in [1.165, 1.54) is 19.1 Å². The number of benzene rings is 1. The lowest BCUT2D eigenvalue weighted by Gasteiger charge is -2.33. The van der Waals surface area contributed by atoms with Crippen molar-refractivity contribution in [2.75, 3.05) is 25.4 Å². The van der Waals surface area contributed by atoms with Crippen molar-refractivity contribution < 1.29 is 27.1 Å². The summed E-state index contributed by atoms with van der Waals surface area (Å²) in [7, 11) is -3.56. The third kappa shape index (κ3) is 6.42. The smallest absolute Gasteiger partial charge is 0.410 e. The predicted molar refractivity (Wildman–Crippen MR) is 116 cm³/mol. The van der Waals surface area contributed by atoms with Crippen molar-refractivity contribution in [2.24, 2.45) is 17.8 Å². The number of likely N-dealkylation sites (tertiary alicyclic amines) is 1. The lowest BCUT2D eigenvalue weighted by molar-refractivity contribution is 0.0170. The number of rotatable bonds is 7. The molecule has 1 amide bonds. The molecule has 1 aliphatic carbocycles. The summed E-state index contributed by atoms with van der Waals surface area (Å²) in [5.41, 5.74) is 0.163. The molecule has 2 fully saturated rings. The first-order chi connectivity index (χ1) is 14.5. The van der Waals surface area contributed by atoms with Gasteiger partial charge in [0.15, 0.2) is 9.84 Å². The van der Waals surface area contributed by atoms with Gasteiger partial charge in [0.2, 0.25) is 0 Å². The van der Waals surface area contributed by atoms with Gasteiger partial charge in [-0.25, -0.2) is 17.6 Å². The van der Waals surface area contributed by atoms with E-state index in [0.717, 1.165) is 32.4 Å². The van der Waals surface area contributed by atoms with Crippen molar-refractivity contribution in [3.05, 3.63) is 29.6 Å². The van der Waals surface area contributed by atoms with Gasteiger partial charge in [-0.2, -0.15) is 0 Å². The van der Waals surface area contributed by atoms with Crippen LogP contribution in [0.2, 0.25) is 0 Å². The first kappa shape index (κ1) is 24.0. The average molecular weight is 456 g/mol. The lowest BCUT2D eigenvalue weighted by Crippen LogP contribution is -2.42. The van der Waals surface area contributed by atoms with Crippen molar-refractivity contribution in [3.63, 3.8) is 0 Å². The fourth-order valence-corrected chi connectivity index (χ4v) is 5.19. The minimum Gasteiger partial charge on any atom is -0.444 e. The van der Waals surface area contributed by atoms with Gasteiger partial charge in [-0.15, -0.1) is 0 Å². The third-order valence-electron chi connectivity index (χ3n) is 6.09. The number of hydrogen-bond donors (Lipinski definition) is 0. The van der Waals surface area contributed by atoms with Crippen molar-refractivity contribution >= 4 is 15.9 Å². The van der Waals surface area contributed by atoms with E-state index in [1.54, 1.807) is 11.0 Å². The number of sulfone groups is 1. The molecule has 6 nitrogen and oxygen atoms in total. The van der Waals surface area contributed by atoms with Crippen LogP contribution in [0.15, 0.2) is 23.1 Å². The molecule has 1 aromatic rings. The van der Waals surface area contributed by atoms with Crippen LogP contribution in [0.1, 0.15) is 52.5 Å². The molecular formula is C23H34FNO5S. The monoisotopic (exact) mass is 455 g/mol. The molecule has 2 aliphatic rings. The fraction of sp³-hybridized carbons (Fsp3) is 0.696. The molecule has 0 aromatic heterocycles. The highest BCUT2D eigenvalue weighted by atomic mass is 32.2.